The van der Waals surface area contributed by atoms with Crippen LogP contribution in [-0.2, 0) is 4.79 Å². The molecule has 28 heavy (non-hydrogen) atoms. The summed E-state index contributed by atoms with van der Waals surface area (Å²) < 4.78 is 0. The van der Waals surface area contributed by atoms with E-state index in [4.69, 9.17) is 5.11 Å². The molecular formula is C20H38B6O2. The second-order valence-corrected chi connectivity index (χ2v) is 9.72. The molecule has 0 aliphatic carbocycles. The second kappa shape index (κ2) is 13.1. The molecule has 0 aliphatic rings. The molecule has 0 rings (SSSR count). The molecule has 148 valence electrons. The number of carbonyl (C=O) groups is 1. The number of allylic oxidation sites excluding steroid dienone is 8. The van der Waals surface area contributed by atoms with Gasteiger partial charge in [0.1, 0.15) is 47.1 Å². The van der Waals surface area contributed by atoms with Gasteiger partial charge in [-0.2, -0.15) is 0 Å². The van der Waals surface area contributed by atoms with Crippen LogP contribution < -0.4 is 0 Å². The number of carboxylic acid groups (broad SMARTS) is 1. The average molecular weight is 375 g/mol. The molecule has 0 bridgehead atoms. The van der Waals surface area contributed by atoms with E-state index in [0.29, 0.717) is 6.42 Å². The number of aliphatic carboxylic acids is 1. The summed E-state index contributed by atoms with van der Waals surface area (Å²) >= 11 is 0. The predicted octanol–water partition coefficient (Wildman–Crippen LogP) is 0.194. The number of hydrogen-bond acceptors (Lipinski definition) is 1. The van der Waals surface area contributed by atoms with Crippen LogP contribution in [-0.4, -0.2) is 58.2 Å². The molecular weight excluding hydrogens is 337 g/mol. The van der Waals surface area contributed by atoms with E-state index in [1.54, 1.807) is 0 Å². The standard InChI is InChI=1S/C20H38B6O2/c1-2-3-4-5-8-11-18(21,22)13-15-20(25,26)16-14-19(23,24)12-9-6-7-10-17(27)28/h8-9,11-16H,2-7,10,21-26H2,1H3,(H,27,28)/b11-8-,12-9-,15-13-,16-14-. The highest BCUT2D eigenvalue weighted by Crippen LogP contribution is 2.30. The molecule has 0 amide bonds. The summed E-state index contributed by atoms with van der Waals surface area (Å²) in [7, 11) is 13.3. The molecule has 0 saturated heterocycles. The Morgan fingerprint density at radius 1 is 0.714 bits per heavy atom. The Morgan fingerprint density at radius 3 is 1.50 bits per heavy atom. The molecule has 0 aliphatic heterocycles. The first kappa shape index (κ1) is 26.8. The normalized spacial score (nSPS) is 14.0. The smallest absolute Gasteiger partial charge is 0.303 e. The third kappa shape index (κ3) is 15.8. The first-order valence-electron chi connectivity index (χ1n) is 10.9. The fourth-order valence-corrected chi connectivity index (χ4v) is 2.68. The highest BCUT2D eigenvalue weighted by molar-refractivity contribution is 6.45. The maximum absolute atomic E-state index is 10.6. The lowest BCUT2D eigenvalue weighted by molar-refractivity contribution is -0.137. The minimum Gasteiger partial charge on any atom is -0.481 e. The van der Waals surface area contributed by atoms with E-state index in [9.17, 15) is 4.79 Å². The summed E-state index contributed by atoms with van der Waals surface area (Å²) in [5, 5.41) is 8.71. The summed E-state index contributed by atoms with van der Waals surface area (Å²) in [6.07, 6.45) is 24.8. The SMILES string of the molecule is BC(B)(/C=C\CCCCC)/C=C\C(B)(B)/C=C\C(B)(B)/C=C\CCCC(=O)O. The molecule has 0 unspecified atom stereocenters. The Hall–Kier alpha value is -1.18. The third-order valence-electron chi connectivity index (χ3n) is 4.72. The van der Waals surface area contributed by atoms with Crippen molar-refractivity contribution in [3.05, 3.63) is 48.6 Å². The van der Waals surface area contributed by atoms with E-state index >= 15 is 0 Å². The molecule has 0 heterocycles. The average Bonchev–Trinajstić information content (AvgIpc) is 2.58. The van der Waals surface area contributed by atoms with Crippen molar-refractivity contribution in [2.24, 2.45) is 0 Å². The Balaban J connectivity index is 4.71. The Bertz CT molecular complexity index is 577. The van der Waals surface area contributed by atoms with Crippen LogP contribution in [0.25, 0.3) is 0 Å². The fraction of sp³-hybridized carbons (Fsp3) is 0.550. The quantitative estimate of drug-likeness (QED) is 0.268. The van der Waals surface area contributed by atoms with Gasteiger partial charge in [0.25, 0.3) is 0 Å². The summed E-state index contributed by atoms with van der Waals surface area (Å²) in [4.78, 5) is 10.6. The van der Waals surface area contributed by atoms with Gasteiger partial charge in [-0.15, -0.1) is 0 Å². The second-order valence-electron chi connectivity index (χ2n) is 9.72. The van der Waals surface area contributed by atoms with Crippen molar-refractivity contribution in [3.63, 3.8) is 0 Å². The van der Waals surface area contributed by atoms with Gasteiger partial charge in [-0.3, -0.25) is 4.79 Å². The van der Waals surface area contributed by atoms with E-state index in [-0.39, 0.29) is 22.1 Å². The molecule has 0 spiro atoms. The van der Waals surface area contributed by atoms with Gasteiger partial charge >= 0.3 is 5.97 Å². The van der Waals surface area contributed by atoms with Crippen LogP contribution in [0, 0.1) is 0 Å². The van der Waals surface area contributed by atoms with Crippen LogP contribution in [0.3, 0.4) is 0 Å². The number of unbranched alkanes of at least 4 members (excludes halogenated alkanes) is 4. The van der Waals surface area contributed by atoms with Crippen molar-refractivity contribution in [1.82, 2.24) is 0 Å². The van der Waals surface area contributed by atoms with E-state index in [1.807, 2.05) is 0 Å². The van der Waals surface area contributed by atoms with Crippen molar-refractivity contribution >= 4 is 53.0 Å². The zero-order chi connectivity index (χ0) is 21.7. The molecule has 0 aromatic carbocycles. The molecule has 0 fully saturated rings. The van der Waals surface area contributed by atoms with Gasteiger partial charge in [-0.05, 0) is 25.7 Å². The van der Waals surface area contributed by atoms with Crippen molar-refractivity contribution in [3.8, 4) is 0 Å². The summed E-state index contributed by atoms with van der Waals surface area (Å²) in [6.45, 7) is 2.24. The van der Waals surface area contributed by atoms with Gasteiger partial charge in [-0.25, -0.2) is 0 Å². The first-order valence-corrected chi connectivity index (χ1v) is 10.9. The van der Waals surface area contributed by atoms with Crippen molar-refractivity contribution < 1.29 is 9.90 Å². The van der Waals surface area contributed by atoms with Crippen LogP contribution in [0.2, 0.25) is 15.6 Å². The van der Waals surface area contributed by atoms with Crippen molar-refractivity contribution in [2.45, 2.75) is 67.5 Å². The maximum atomic E-state index is 10.6. The fourth-order valence-electron chi connectivity index (χ4n) is 2.68. The molecule has 0 radical (unpaired) electrons. The Kier molecular flexibility index (Phi) is 12.6. The maximum Gasteiger partial charge on any atom is 0.303 e. The van der Waals surface area contributed by atoms with Crippen molar-refractivity contribution in [1.29, 1.82) is 0 Å². The molecule has 1 N–H and O–H groups in total. The topological polar surface area (TPSA) is 37.3 Å². The van der Waals surface area contributed by atoms with Crippen LogP contribution in [0.1, 0.15) is 51.9 Å². The van der Waals surface area contributed by atoms with E-state index in [2.05, 4.69) is 103 Å². The van der Waals surface area contributed by atoms with E-state index in [1.165, 1.54) is 25.7 Å². The van der Waals surface area contributed by atoms with Gasteiger partial charge in [0.15, 0.2) is 0 Å². The molecule has 2 nitrogen and oxygen atoms in total. The lowest BCUT2D eigenvalue weighted by Crippen LogP contribution is -2.12. The predicted molar refractivity (Wildman–Crippen MR) is 142 cm³/mol. The molecule has 0 atom stereocenters. The zero-order valence-corrected chi connectivity index (χ0v) is 19.4. The number of carboxylic acids is 1. The summed E-state index contributed by atoms with van der Waals surface area (Å²) in [5.41, 5.74) is 0. The minimum absolute atomic E-state index is 0.0122. The van der Waals surface area contributed by atoms with Crippen LogP contribution in [0.15, 0.2) is 48.6 Å². The molecule has 0 aromatic heterocycles. The molecule has 8 heteroatoms. The summed E-state index contributed by atoms with van der Waals surface area (Å²) in [5.74, 6) is -0.722. The van der Waals surface area contributed by atoms with Gasteiger partial charge < -0.3 is 5.11 Å². The Morgan fingerprint density at radius 2 is 1.11 bits per heavy atom. The number of rotatable bonds is 14. The van der Waals surface area contributed by atoms with Crippen LogP contribution in [0.5, 0.6) is 0 Å². The molecule has 0 aromatic rings. The monoisotopic (exact) mass is 376 g/mol. The highest BCUT2D eigenvalue weighted by Gasteiger charge is 2.16. The van der Waals surface area contributed by atoms with Crippen molar-refractivity contribution in [2.75, 3.05) is 0 Å². The third-order valence-corrected chi connectivity index (χ3v) is 4.72. The van der Waals surface area contributed by atoms with Crippen LogP contribution >= 0.6 is 0 Å². The Labute approximate surface area is 179 Å². The van der Waals surface area contributed by atoms with E-state index in [0.717, 1.165) is 6.42 Å². The van der Waals surface area contributed by atoms with Crippen LogP contribution in [0.4, 0.5) is 0 Å². The minimum atomic E-state index is -0.722. The number of hydrogen-bond donors (Lipinski definition) is 1. The van der Waals surface area contributed by atoms with Gasteiger partial charge in [0, 0.05) is 6.42 Å². The highest BCUT2D eigenvalue weighted by atomic mass is 16.4. The molecule has 0 saturated carbocycles. The lowest BCUT2D eigenvalue weighted by atomic mass is 9.48. The van der Waals surface area contributed by atoms with Gasteiger partial charge in [0.2, 0.25) is 0 Å². The largest absolute Gasteiger partial charge is 0.481 e. The zero-order valence-electron chi connectivity index (χ0n) is 19.4. The van der Waals surface area contributed by atoms with Gasteiger partial charge in [-0.1, -0.05) is 84.0 Å². The first-order chi connectivity index (χ1) is 12.9. The van der Waals surface area contributed by atoms with Gasteiger partial charge in [0.05, 0.1) is 0 Å². The van der Waals surface area contributed by atoms with E-state index < -0.39 is 5.97 Å². The lowest BCUT2D eigenvalue weighted by Gasteiger charge is -2.22. The summed E-state index contributed by atoms with van der Waals surface area (Å²) in [6, 6.07) is 0.